The SMILES string of the molecule is CCCN=C(N)C(CC)CC(=N)Cl. The van der Waals surface area contributed by atoms with Gasteiger partial charge in [-0.05, 0) is 12.8 Å². The second kappa shape index (κ2) is 6.89. The fraction of sp³-hybridized carbons (Fsp3) is 0.778. The monoisotopic (exact) mass is 203 g/mol. The zero-order valence-corrected chi connectivity index (χ0v) is 9.06. The van der Waals surface area contributed by atoms with Crippen molar-refractivity contribution in [3.63, 3.8) is 0 Å². The summed E-state index contributed by atoms with van der Waals surface area (Å²) in [6.07, 6.45) is 2.39. The summed E-state index contributed by atoms with van der Waals surface area (Å²) in [5.41, 5.74) is 5.76. The number of halogens is 1. The van der Waals surface area contributed by atoms with Gasteiger partial charge in [0.05, 0.1) is 11.0 Å². The predicted molar refractivity (Wildman–Crippen MR) is 58.8 cm³/mol. The van der Waals surface area contributed by atoms with E-state index in [0.29, 0.717) is 12.3 Å². The van der Waals surface area contributed by atoms with E-state index in [1.54, 1.807) is 0 Å². The number of hydrogen-bond donors (Lipinski definition) is 2. The molecule has 0 amide bonds. The van der Waals surface area contributed by atoms with Gasteiger partial charge in [0.25, 0.3) is 0 Å². The van der Waals surface area contributed by atoms with E-state index in [0.717, 1.165) is 19.4 Å². The molecule has 0 aromatic rings. The largest absolute Gasteiger partial charge is 0.387 e. The van der Waals surface area contributed by atoms with Crippen LogP contribution >= 0.6 is 11.6 Å². The highest BCUT2D eigenvalue weighted by molar-refractivity contribution is 6.64. The van der Waals surface area contributed by atoms with Crippen molar-refractivity contribution in [2.24, 2.45) is 16.6 Å². The normalized spacial score (nSPS) is 14.2. The molecule has 0 aromatic carbocycles. The summed E-state index contributed by atoms with van der Waals surface area (Å²) in [5, 5.41) is 7.31. The van der Waals surface area contributed by atoms with Crippen molar-refractivity contribution < 1.29 is 0 Å². The van der Waals surface area contributed by atoms with Gasteiger partial charge in [0, 0.05) is 18.9 Å². The van der Waals surface area contributed by atoms with E-state index in [4.69, 9.17) is 22.7 Å². The van der Waals surface area contributed by atoms with Gasteiger partial charge in [0.2, 0.25) is 0 Å². The summed E-state index contributed by atoms with van der Waals surface area (Å²) in [6.45, 7) is 4.85. The first-order valence-corrected chi connectivity index (χ1v) is 5.02. The molecule has 0 fully saturated rings. The molecular weight excluding hydrogens is 186 g/mol. The third kappa shape index (κ3) is 5.64. The van der Waals surface area contributed by atoms with E-state index >= 15 is 0 Å². The molecule has 76 valence electrons. The van der Waals surface area contributed by atoms with E-state index in [-0.39, 0.29) is 11.1 Å². The Morgan fingerprint density at radius 2 is 2.15 bits per heavy atom. The van der Waals surface area contributed by atoms with Crippen LogP contribution in [-0.4, -0.2) is 17.6 Å². The molecule has 0 aliphatic rings. The Balaban J connectivity index is 4.13. The smallest absolute Gasteiger partial charge is 0.0976 e. The molecule has 1 unspecified atom stereocenters. The molecule has 0 aliphatic carbocycles. The average Bonchev–Trinajstić information content (AvgIpc) is 2.09. The van der Waals surface area contributed by atoms with Crippen molar-refractivity contribution in [2.45, 2.75) is 33.1 Å². The molecule has 13 heavy (non-hydrogen) atoms. The maximum absolute atomic E-state index is 7.15. The van der Waals surface area contributed by atoms with Crippen LogP contribution in [0.1, 0.15) is 33.1 Å². The van der Waals surface area contributed by atoms with Gasteiger partial charge in [0.15, 0.2) is 0 Å². The van der Waals surface area contributed by atoms with Crippen molar-refractivity contribution in [1.29, 1.82) is 5.41 Å². The minimum absolute atomic E-state index is 0.136. The van der Waals surface area contributed by atoms with Crippen LogP contribution in [0.15, 0.2) is 4.99 Å². The second-order valence-corrected chi connectivity index (χ2v) is 3.48. The van der Waals surface area contributed by atoms with Crippen molar-refractivity contribution >= 4 is 22.6 Å². The van der Waals surface area contributed by atoms with Gasteiger partial charge < -0.3 is 5.73 Å². The van der Waals surface area contributed by atoms with Crippen LogP contribution in [-0.2, 0) is 0 Å². The predicted octanol–water partition coefficient (Wildman–Crippen LogP) is 2.39. The van der Waals surface area contributed by atoms with E-state index in [1.807, 2.05) is 6.92 Å². The Labute approximate surface area is 84.9 Å². The van der Waals surface area contributed by atoms with Gasteiger partial charge in [-0.2, -0.15) is 0 Å². The lowest BCUT2D eigenvalue weighted by Crippen LogP contribution is -2.25. The van der Waals surface area contributed by atoms with Crippen LogP contribution in [0.4, 0.5) is 0 Å². The van der Waals surface area contributed by atoms with Crippen LogP contribution in [0.2, 0.25) is 0 Å². The number of nitrogens with zero attached hydrogens (tertiary/aromatic N) is 1. The summed E-state index contributed by atoms with van der Waals surface area (Å²) < 4.78 is 0. The van der Waals surface area contributed by atoms with Crippen molar-refractivity contribution in [2.75, 3.05) is 6.54 Å². The van der Waals surface area contributed by atoms with Crippen LogP contribution < -0.4 is 5.73 Å². The van der Waals surface area contributed by atoms with Crippen LogP contribution in [0.3, 0.4) is 0 Å². The minimum Gasteiger partial charge on any atom is -0.387 e. The lowest BCUT2D eigenvalue weighted by atomic mass is 10.0. The zero-order valence-electron chi connectivity index (χ0n) is 8.31. The fourth-order valence-corrected chi connectivity index (χ4v) is 1.23. The van der Waals surface area contributed by atoms with E-state index in [2.05, 4.69) is 11.9 Å². The van der Waals surface area contributed by atoms with Crippen molar-refractivity contribution in [1.82, 2.24) is 0 Å². The van der Waals surface area contributed by atoms with Gasteiger partial charge in [-0.25, -0.2) is 0 Å². The molecule has 3 N–H and O–H groups in total. The van der Waals surface area contributed by atoms with Crippen molar-refractivity contribution in [3.05, 3.63) is 0 Å². The summed E-state index contributed by atoms with van der Waals surface area (Å²) in [6, 6.07) is 0. The third-order valence-electron chi connectivity index (χ3n) is 1.85. The maximum atomic E-state index is 7.15. The first-order valence-electron chi connectivity index (χ1n) is 4.64. The first-order chi connectivity index (χ1) is 6.11. The van der Waals surface area contributed by atoms with Crippen LogP contribution in [0, 0.1) is 11.3 Å². The molecule has 0 saturated carbocycles. The third-order valence-corrected chi connectivity index (χ3v) is 2.01. The van der Waals surface area contributed by atoms with E-state index in [1.165, 1.54) is 0 Å². The highest BCUT2D eigenvalue weighted by atomic mass is 35.5. The number of aliphatic imine (C=N–C) groups is 1. The maximum Gasteiger partial charge on any atom is 0.0976 e. The minimum atomic E-state index is 0.136. The summed E-state index contributed by atoms with van der Waals surface area (Å²) in [7, 11) is 0. The number of nitrogens with one attached hydrogen (secondary N) is 1. The molecule has 0 radical (unpaired) electrons. The van der Waals surface area contributed by atoms with E-state index in [9.17, 15) is 0 Å². The quantitative estimate of drug-likeness (QED) is 0.505. The van der Waals surface area contributed by atoms with Crippen LogP contribution in [0.25, 0.3) is 0 Å². The highest BCUT2D eigenvalue weighted by Gasteiger charge is 2.11. The Morgan fingerprint density at radius 3 is 2.54 bits per heavy atom. The summed E-state index contributed by atoms with van der Waals surface area (Å²) in [5.74, 6) is 0.770. The molecule has 1 atom stereocenters. The molecule has 0 saturated heterocycles. The Hall–Kier alpha value is -0.570. The Kier molecular flexibility index (Phi) is 6.59. The second-order valence-electron chi connectivity index (χ2n) is 3.02. The summed E-state index contributed by atoms with van der Waals surface area (Å²) in [4.78, 5) is 4.21. The Bertz CT molecular complexity index is 189. The van der Waals surface area contributed by atoms with Gasteiger partial charge in [-0.15, -0.1) is 0 Å². The first kappa shape index (κ1) is 12.4. The molecule has 0 bridgehead atoms. The molecule has 0 aromatic heterocycles. The molecule has 0 spiro atoms. The molecule has 0 aliphatic heterocycles. The van der Waals surface area contributed by atoms with Crippen molar-refractivity contribution in [3.8, 4) is 0 Å². The number of hydrogen-bond acceptors (Lipinski definition) is 2. The number of amidine groups is 1. The lowest BCUT2D eigenvalue weighted by molar-refractivity contribution is 0.684. The van der Waals surface area contributed by atoms with Gasteiger partial charge in [-0.3, -0.25) is 10.4 Å². The van der Waals surface area contributed by atoms with Gasteiger partial charge in [0.1, 0.15) is 0 Å². The number of rotatable bonds is 6. The highest BCUT2D eigenvalue weighted by Crippen LogP contribution is 2.10. The topological polar surface area (TPSA) is 62.2 Å². The standard InChI is InChI=1S/C9H18ClN3/c1-3-5-13-9(12)7(4-2)6-8(10)11/h7,11H,3-6H2,1-2H3,(H2,12,13). The lowest BCUT2D eigenvalue weighted by Gasteiger charge is -2.12. The molecule has 0 rings (SSSR count). The zero-order chi connectivity index (χ0) is 10.3. The average molecular weight is 204 g/mol. The Morgan fingerprint density at radius 1 is 1.54 bits per heavy atom. The molecule has 0 heterocycles. The number of nitrogens with two attached hydrogens (primary N) is 1. The summed E-state index contributed by atoms with van der Waals surface area (Å²) >= 11 is 5.50. The van der Waals surface area contributed by atoms with Gasteiger partial charge >= 0.3 is 0 Å². The molecular formula is C9H18ClN3. The van der Waals surface area contributed by atoms with Gasteiger partial charge in [-0.1, -0.05) is 25.4 Å². The van der Waals surface area contributed by atoms with Crippen LogP contribution in [0.5, 0.6) is 0 Å². The molecule has 4 heteroatoms. The van der Waals surface area contributed by atoms with E-state index < -0.39 is 0 Å². The molecule has 3 nitrogen and oxygen atoms in total. The fourth-order valence-electron chi connectivity index (χ4n) is 1.04.